The van der Waals surface area contributed by atoms with Crippen LogP contribution in [0.15, 0.2) is 18.2 Å². The van der Waals surface area contributed by atoms with Gasteiger partial charge in [0.15, 0.2) is 0 Å². The van der Waals surface area contributed by atoms with E-state index < -0.39 is 11.6 Å². The summed E-state index contributed by atoms with van der Waals surface area (Å²) in [4.78, 5) is 25.0. The molecule has 0 saturated carbocycles. The van der Waals surface area contributed by atoms with Gasteiger partial charge in [-0.05, 0) is 82.6 Å². The lowest BCUT2D eigenvalue weighted by atomic mass is 9.84. The van der Waals surface area contributed by atoms with Crippen LogP contribution in [0.25, 0.3) is 0 Å². The molecule has 1 aromatic carbocycles. The number of hydrogen-bond acceptors (Lipinski definition) is 4. The molecule has 1 fully saturated rings. The Morgan fingerprint density at radius 1 is 1.25 bits per heavy atom. The molecule has 1 aliphatic heterocycles. The molecule has 6 nitrogen and oxygen atoms in total. The highest BCUT2D eigenvalue weighted by atomic mass is 16.6. The highest BCUT2D eigenvalue weighted by Crippen LogP contribution is 2.28. The Morgan fingerprint density at radius 3 is 2.43 bits per heavy atom. The topological polar surface area (TPSA) is 76.1 Å². The van der Waals surface area contributed by atoms with Crippen molar-refractivity contribution in [3.63, 3.8) is 0 Å². The summed E-state index contributed by atoms with van der Waals surface area (Å²) in [6, 6.07) is 5.07. The molecule has 1 N–H and O–H groups in total. The second kappa shape index (κ2) is 9.30. The van der Waals surface area contributed by atoms with Gasteiger partial charge in [-0.15, -0.1) is 0 Å². The Labute approximate surface area is 167 Å². The summed E-state index contributed by atoms with van der Waals surface area (Å²) < 4.78 is 11.3. The van der Waals surface area contributed by atoms with Crippen LogP contribution in [0.2, 0.25) is 0 Å². The van der Waals surface area contributed by atoms with E-state index in [-0.39, 0.29) is 6.09 Å². The molecule has 156 valence electrons. The van der Waals surface area contributed by atoms with E-state index in [1.165, 1.54) is 0 Å². The number of ether oxygens (including phenoxy) is 2. The SMILES string of the molecule is Cc1cc(OCCC(C)C2CCN(C(=O)OC(C)(C)C)CC2)ccc1C(=O)O. The zero-order chi connectivity index (χ0) is 20.9. The fraction of sp³-hybridized carbons (Fsp3) is 0.636. The van der Waals surface area contributed by atoms with Crippen LogP contribution in [-0.2, 0) is 4.74 Å². The fourth-order valence-corrected chi connectivity index (χ4v) is 3.54. The standard InChI is InChI=1S/C22H33NO5/c1-15(10-13-27-18-6-7-19(20(24)25)16(2)14-18)17-8-11-23(12-9-17)21(26)28-22(3,4)5/h6-7,14-15,17H,8-13H2,1-5H3,(H,24,25). The average molecular weight is 392 g/mol. The van der Waals surface area contributed by atoms with E-state index in [1.54, 1.807) is 30.0 Å². The quantitative estimate of drug-likeness (QED) is 0.758. The van der Waals surface area contributed by atoms with Gasteiger partial charge in [-0.3, -0.25) is 0 Å². The molecule has 0 radical (unpaired) electrons. The summed E-state index contributed by atoms with van der Waals surface area (Å²) in [5, 5.41) is 9.08. The molecule has 0 bridgehead atoms. The second-order valence-electron chi connectivity index (χ2n) is 8.70. The number of amides is 1. The Balaban J connectivity index is 1.74. The van der Waals surface area contributed by atoms with E-state index >= 15 is 0 Å². The smallest absolute Gasteiger partial charge is 0.410 e. The molecular formula is C22H33NO5. The molecule has 6 heteroatoms. The summed E-state index contributed by atoms with van der Waals surface area (Å²) in [6.45, 7) is 11.7. The lowest BCUT2D eigenvalue weighted by molar-refractivity contribution is 0.0157. The summed E-state index contributed by atoms with van der Waals surface area (Å²) >= 11 is 0. The Kier molecular flexibility index (Phi) is 7.33. The number of likely N-dealkylation sites (tertiary alicyclic amines) is 1. The lowest BCUT2D eigenvalue weighted by Gasteiger charge is -2.35. The van der Waals surface area contributed by atoms with Crippen LogP contribution in [0.5, 0.6) is 5.75 Å². The Bertz CT molecular complexity index is 687. The van der Waals surface area contributed by atoms with E-state index in [9.17, 15) is 9.59 Å². The number of carbonyl (C=O) groups is 2. The van der Waals surface area contributed by atoms with Gasteiger partial charge in [0.05, 0.1) is 12.2 Å². The maximum atomic E-state index is 12.2. The van der Waals surface area contributed by atoms with Crippen molar-refractivity contribution >= 4 is 12.1 Å². The van der Waals surface area contributed by atoms with Crippen molar-refractivity contribution in [2.75, 3.05) is 19.7 Å². The van der Waals surface area contributed by atoms with Gasteiger partial charge in [-0.2, -0.15) is 0 Å². The van der Waals surface area contributed by atoms with Gasteiger partial charge in [-0.25, -0.2) is 9.59 Å². The van der Waals surface area contributed by atoms with Crippen LogP contribution in [-0.4, -0.2) is 47.4 Å². The van der Waals surface area contributed by atoms with Crippen LogP contribution in [0.1, 0.15) is 62.9 Å². The van der Waals surface area contributed by atoms with Gasteiger partial charge < -0.3 is 19.5 Å². The third-order valence-electron chi connectivity index (χ3n) is 5.27. The molecule has 1 atom stereocenters. The number of carbonyl (C=O) groups excluding carboxylic acids is 1. The van der Waals surface area contributed by atoms with Crippen molar-refractivity contribution in [1.82, 2.24) is 4.90 Å². The molecule has 1 aliphatic rings. The number of rotatable bonds is 6. The Morgan fingerprint density at radius 2 is 1.89 bits per heavy atom. The highest BCUT2D eigenvalue weighted by Gasteiger charge is 2.29. The van der Waals surface area contributed by atoms with Gasteiger partial charge in [-0.1, -0.05) is 6.92 Å². The molecule has 0 aromatic heterocycles. The van der Waals surface area contributed by atoms with Crippen LogP contribution in [0, 0.1) is 18.8 Å². The number of benzene rings is 1. The highest BCUT2D eigenvalue weighted by molar-refractivity contribution is 5.89. The van der Waals surface area contributed by atoms with Gasteiger partial charge in [0.25, 0.3) is 0 Å². The fourth-order valence-electron chi connectivity index (χ4n) is 3.54. The number of carboxylic acids is 1. The second-order valence-corrected chi connectivity index (χ2v) is 8.70. The molecular weight excluding hydrogens is 358 g/mol. The molecule has 1 aromatic rings. The minimum absolute atomic E-state index is 0.220. The van der Waals surface area contributed by atoms with Crippen molar-refractivity contribution in [3.8, 4) is 5.75 Å². The molecule has 2 rings (SSSR count). The minimum atomic E-state index is -0.921. The van der Waals surface area contributed by atoms with E-state index in [2.05, 4.69) is 6.92 Å². The van der Waals surface area contributed by atoms with Gasteiger partial charge in [0.1, 0.15) is 11.4 Å². The van der Waals surface area contributed by atoms with Crippen molar-refractivity contribution in [2.45, 2.75) is 59.5 Å². The maximum Gasteiger partial charge on any atom is 0.410 e. The van der Waals surface area contributed by atoms with E-state index in [1.807, 2.05) is 20.8 Å². The molecule has 1 amide bonds. The minimum Gasteiger partial charge on any atom is -0.494 e. The van der Waals surface area contributed by atoms with Crippen molar-refractivity contribution in [2.24, 2.45) is 11.8 Å². The first-order chi connectivity index (χ1) is 13.1. The van der Waals surface area contributed by atoms with Crippen LogP contribution in [0.4, 0.5) is 4.79 Å². The van der Waals surface area contributed by atoms with Crippen molar-refractivity contribution in [3.05, 3.63) is 29.3 Å². The monoisotopic (exact) mass is 391 g/mol. The first-order valence-corrected chi connectivity index (χ1v) is 10.0. The lowest BCUT2D eigenvalue weighted by Crippen LogP contribution is -2.42. The van der Waals surface area contributed by atoms with Crippen molar-refractivity contribution < 1.29 is 24.2 Å². The van der Waals surface area contributed by atoms with E-state index in [4.69, 9.17) is 14.6 Å². The molecule has 0 spiro atoms. The third kappa shape index (κ3) is 6.43. The summed E-state index contributed by atoms with van der Waals surface area (Å²) in [5.41, 5.74) is 0.546. The van der Waals surface area contributed by atoms with Crippen LogP contribution >= 0.6 is 0 Å². The summed E-state index contributed by atoms with van der Waals surface area (Å²) in [6.07, 6.45) is 2.67. The predicted octanol–water partition coefficient (Wildman–Crippen LogP) is 4.75. The summed E-state index contributed by atoms with van der Waals surface area (Å²) in [7, 11) is 0. The first-order valence-electron chi connectivity index (χ1n) is 10.0. The first kappa shape index (κ1) is 22.1. The van der Waals surface area contributed by atoms with Gasteiger partial charge >= 0.3 is 12.1 Å². The Hall–Kier alpha value is -2.24. The van der Waals surface area contributed by atoms with Crippen LogP contribution in [0.3, 0.4) is 0 Å². The number of nitrogens with zero attached hydrogens (tertiary/aromatic N) is 1. The number of aromatic carboxylic acids is 1. The molecule has 28 heavy (non-hydrogen) atoms. The van der Waals surface area contributed by atoms with Gasteiger partial charge in [0, 0.05) is 13.1 Å². The van der Waals surface area contributed by atoms with Crippen molar-refractivity contribution in [1.29, 1.82) is 0 Å². The molecule has 1 heterocycles. The number of carboxylic acid groups (broad SMARTS) is 1. The number of aryl methyl sites for hydroxylation is 1. The molecule has 1 saturated heterocycles. The average Bonchev–Trinajstić information content (AvgIpc) is 2.60. The molecule has 0 aliphatic carbocycles. The zero-order valence-electron chi connectivity index (χ0n) is 17.7. The number of piperidine rings is 1. The van der Waals surface area contributed by atoms with E-state index in [0.29, 0.717) is 35.3 Å². The molecule has 1 unspecified atom stereocenters. The largest absolute Gasteiger partial charge is 0.494 e. The van der Waals surface area contributed by atoms with Gasteiger partial charge in [0.2, 0.25) is 0 Å². The van der Waals surface area contributed by atoms with Crippen LogP contribution < -0.4 is 4.74 Å². The predicted molar refractivity (Wildman–Crippen MR) is 108 cm³/mol. The van der Waals surface area contributed by atoms with E-state index in [0.717, 1.165) is 32.4 Å². The zero-order valence-corrected chi connectivity index (χ0v) is 17.7. The summed E-state index contributed by atoms with van der Waals surface area (Å²) in [5.74, 6) is 0.850. The normalized spacial score (nSPS) is 16.5. The maximum absolute atomic E-state index is 12.2. The number of hydrogen-bond donors (Lipinski definition) is 1. The third-order valence-corrected chi connectivity index (χ3v) is 5.27.